The molecule has 110 valence electrons. The number of aliphatic hydroxyl groups excluding tert-OH is 1. The summed E-state index contributed by atoms with van der Waals surface area (Å²) in [6, 6.07) is 7.87. The van der Waals surface area contributed by atoms with Crippen LogP contribution in [0.5, 0.6) is 0 Å². The molecule has 2 unspecified atom stereocenters. The van der Waals surface area contributed by atoms with Crippen LogP contribution in [0.1, 0.15) is 44.4 Å². The van der Waals surface area contributed by atoms with Gasteiger partial charge >= 0.3 is 6.09 Å². The van der Waals surface area contributed by atoms with Gasteiger partial charge in [0, 0.05) is 12.5 Å². The molecule has 4 nitrogen and oxygen atoms in total. The second-order valence-electron chi connectivity index (χ2n) is 6.30. The number of hydrogen-bond donors (Lipinski definition) is 2. The molecule has 0 aromatic heterocycles. The first-order valence-electron chi connectivity index (χ1n) is 7.09. The molecule has 1 aromatic carbocycles. The monoisotopic (exact) mass is 277 g/mol. The van der Waals surface area contributed by atoms with E-state index >= 15 is 0 Å². The molecule has 0 bridgehead atoms. The molecule has 0 fully saturated rings. The van der Waals surface area contributed by atoms with Crippen molar-refractivity contribution in [3.63, 3.8) is 0 Å². The van der Waals surface area contributed by atoms with Crippen molar-refractivity contribution in [1.29, 1.82) is 0 Å². The lowest BCUT2D eigenvalue weighted by Crippen LogP contribution is -2.40. The summed E-state index contributed by atoms with van der Waals surface area (Å²) in [5.74, 6) is 0.0393. The topological polar surface area (TPSA) is 58.6 Å². The zero-order valence-electron chi connectivity index (χ0n) is 12.3. The number of aliphatic hydroxyl groups is 1. The largest absolute Gasteiger partial charge is 0.444 e. The van der Waals surface area contributed by atoms with Gasteiger partial charge in [-0.05, 0) is 44.7 Å². The molecule has 1 aromatic rings. The van der Waals surface area contributed by atoms with E-state index in [0.29, 0.717) is 0 Å². The summed E-state index contributed by atoms with van der Waals surface area (Å²) in [5.41, 5.74) is 1.80. The van der Waals surface area contributed by atoms with Crippen LogP contribution in [-0.4, -0.2) is 23.4 Å². The van der Waals surface area contributed by atoms with E-state index in [1.165, 1.54) is 5.56 Å². The SMILES string of the molecule is CC(C)(C)OC(=O)NC1c2ccccc2CCC1CO. The van der Waals surface area contributed by atoms with Crippen molar-refractivity contribution in [3.05, 3.63) is 35.4 Å². The second-order valence-corrected chi connectivity index (χ2v) is 6.30. The number of carbonyl (C=O) groups excluding carboxylic acids is 1. The zero-order valence-corrected chi connectivity index (χ0v) is 12.3. The molecule has 0 saturated carbocycles. The number of nitrogens with one attached hydrogen (secondary N) is 1. The molecule has 1 aliphatic rings. The molecule has 2 atom stereocenters. The number of aryl methyl sites for hydroxylation is 1. The van der Waals surface area contributed by atoms with E-state index in [0.717, 1.165) is 18.4 Å². The Morgan fingerprint density at radius 1 is 1.40 bits per heavy atom. The van der Waals surface area contributed by atoms with E-state index in [1.54, 1.807) is 0 Å². The highest BCUT2D eigenvalue weighted by Gasteiger charge is 2.31. The van der Waals surface area contributed by atoms with Crippen molar-refractivity contribution >= 4 is 6.09 Å². The van der Waals surface area contributed by atoms with Gasteiger partial charge in [0.15, 0.2) is 0 Å². The van der Waals surface area contributed by atoms with E-state index in [1.807, 2.05) is 39.0 Å². The smallest absolute Gasteiger partial charge is 0.408 e. The van der Waals surface area contributed by atoms with Gasteiger partial charge in [-0.25, -0.2) is 4.79 Å². The van der Waals surface area contributed by atoms with Gasteiger partial charge in [0.1, 0.15) is 5.60 Å². The molecule has 20 heavy (non-hydrogen) atoms. The van der Waals surface area contributed by atoms with E-state index in [2.05, 4.69) is 11.4 Å². The maximum Gasteiger partial charge on any atom is 0.408 e. The van der Waals surface area contributed by atoms with Crippen LogP contribution in [0, 0.1) is 5.92 Å². The number of hydrogen-bond acceptors (Lipinski definition) is 3. The minimum absolute atomic E-state index is 0.0393. The summed E-state index contributed by atoms with van der Waals surface area (Å²) in [7, 11) is 0. The van der Waals surface area contributed by atoms with Gasteiger partial charge < -0.3 is 15.2 Å². The Labute approximate surface area is 120 Å². The van der Waals surface area contributed by atoms with Gasteiger partial charge in [-0.1, -0.05) is 24.3 Å². The summed E-state index contributed by atoms with van der Waals surface area (Å²) in [4.78, 5) is 12.0. The van der Waals surface area contributed by atoms with Crippen molar-refractivity contribution in [2.24, 2.45) is 5.92 Å². The molecular formula is C16H23NO3. The van der Waals surface area contributed by atoms with Gasteiger partial charge in [0.25, 0.3) is 0 Å². The van der Waals surface area contributed by atoms with Crippen LogP contribution in [0.4, 0.5) is 4.79 Å². The van der Waals surface area contributed by atoms with E-state index in [9.17, 15) is 9.90 Å². The third-order valence-electron chi connectivity index (χ3n) is 3.55. The number of rotatable bonds is 2. The minimum Gasteiger partial charge on any atom is -0.444 e. The molecule has 0 aliphatic heterocycles. The number of ether oxygens (including phenoxy) is 1. The predicted molar refractivity (Wildman–Crippen MR) is 77.4 cm³/mol. The Morgan fingerprint density at radius 2 is 2.10 bits per heavy atom. The summed E-state index contributed by atoms with van der Waals surface area (Å²) in [6.45, 7) is 5.58. The second kappa shape index (κ2) is 5.83. The Balaban J connectivity index is 2.17. The highest BCUT2D eigenvalue weighted by atomic mass is 16.6. The molecule has 2 N–H and O–H groups in total. The molecule has 0 spiro atoms. The standard InChI is InChI=1S/C16H23NO3/c1-16(2,3)20-15(19)17-14-12(10-18)9-8-11-6-4-5-7-13(11)14/h4-7,12,14,18H,8-10H2,1-3H3,(H,17,19). The van der Waals surface area contributed by atoms with E-state index in [-0.39, 0.29) is 18.6 Å². The Hall–Kier alpha value is -1.55. The fraction of sp³-hybridized carbons (Fsp3) is 0.562. The molecule has 2 rings (SSSR count). The summed E-state index contributed by atoms with van der Waals surface area (Å²) < 4.78 is 5.32. The van der Waals surface area contributed by atoms with Crippen molar-refractivity contribution in [2.45, 2.75) is 45.3 Å². The lowest BCUT2D eigenvalue weighted by atomic mass is 9.80. The first kappa shape index (κ1) is 14.9. The number of benzene rings is 1. The van der Waals surface area contributed by atoms with E-state index < -0.39 is 11.7 Å². The van der Waals surface area contributed by atoms with Crippen molar-refractivity contribution in [1.82, 2.24) is 5.32 Å². The zero-order chi connectivity index (χ0) is 14.8. The van der Waals surface area contributed by atoms with Gasteiger partial charge in [-0.15, -0.1) is 0 Å². The third-order valence-corrected chi connectivity index (χ3v) is 3.55. The normalized spacial score (nSPS) is 22.0. The summed E-state index contributed by atoms with van der Waals surface area (Å²) in [5, 5.41) is 12.5. The van der Waals surface area contributed by atoms with Crippen LogP contribution in [0.15, 0.2) is 24.3 Å². The van der Waals surface area contributed by atoms with Crippen molar-refractivity contribution < 1.29 is 14.6 Å². The Kier molecular flexibility index (Phi) is 4.33. The van der Waals surface area contributed by atoms with Crippen LogP contribution >= 0.6 is 0 Å². The van der Waals surface area contributed by atoms with Gasteiger partial charge in [-0.2, -0.15) is 0 Å². The van der Waals surface area contributed by atoms with Crippen LogP contribution in [0.25, 0.3) is 0 Å². The van der Waals surface area contributed by atoms with Crippen LogP contribution in [0.2, 0.25) is 0 Å². The number of fused-ring (bicyclic) bond motifs is 1. The average molecular weight is 277 g/mol. The fourth-order valence-corrected chi connectivity index (χ4v) is 2.65. The fourth-order valence-electron chi connectivity index (χ4n) is 2.65. The maximum absolute atomic E-state index is 12.0. The molecular weight excluding hydrogens is 254 g/mol. The summed E-state index contributed by atoms with van der Waals surface area (Å²) in [6.07, 6.45) is 1.37. The van der Waals surface area contributed by atoms with Crippen LogP contribution in [-0.2, 0) is 11.2 Å². The van der Waals surface area contributed by atoms with Crippen molar-refractivity contribution in [2.75, 3.05) is 6.61 Å². The van der Waals surface area contributed by atoms with Crippen molar-refractivity contribution in [3.8, 4) is 0 Å². The lowest BCUT2D eigenvalue weighted by molar-refractivity contribution is 0.0461. The first-order chi connectivity index (χ1) is 9.40. The Bertz CT molecular complexity index is 479. The highest BCUT2D eigenvalue weighted by molar-refractivity contribution is 5.68. The molecule has 1 aliphatic carbocycles. The first-order valence-corrected chi connectivity index (χ1v) is 7.09. The quantitative estimate of drug-likeness (QED) is 0.874. The molecule has 1 amide bonds. The predicted octanol–water partition coefficient (Wildman–Crippen LogP) is 2.81. The number of amides is 1. The molecule has 0 heterocycles. The highest BCUT2D eigenvalue weighted by Crippen LogP contribution is 2.34. The summed E-state index contributed by atoms with van der Waals surface area (Å²) >= 11 is 0. The third kappa shape index (κ3) is 3.51. The maximum atomic E-state index is 12.0. The number of alkyl carbamates (subject to hydrolysis) is 1. The van der Waals surface area contributed by atoms with Gasteiger partial charge in [0.05, 0.1) is 6.04 Å². The number of carbonyl (C=O) groups is 1. The minimum atomic E-state index is -0.521. The Morgan fingerprint density at radius 3 is 2.75 bits per heavy atom. The molecule has 0 saturated heterocycles. The van der Waals surface area contributed by atoms with Gasteiger partial charge in [-0.3, -0.25) is 0 Å². The van der Waals surface area contributed by atoms with E-state index in [4.69, 9.17) is 4.74 Å². The average Bonchev–Trinajstić information content (AvgIpc) is 2.37. The van der Waals surface area contributed by atoms with Gasteiger partial charge in [0.2, 0.25) is 0 Å². The molecule has 0 radical (unpaired) electrons. The lowest BCUT2D eigenvalue weighted by Gasteiger charge is -2.33. The molecule has 4 heteroatoms. The van der Waals surface area contributed by atoms with Crippen LogP contribution < -0.4 is 5.32 Å². The van der Waals surface area contributed by atoms with Crippen LogP contribution in [0.3, 0.4) is 0 Å².